The zero-order valence-electron chi connectivity index (χ0n) is 10.2. The van der Waals surface area contributed by atoms with Gasteiger partial charge in [-0.1, -0.05) is 0 Å². The third kappa shape index (κ3) is 8.93. The van der Waals surface area contributed by atoms with Crippen molar-refractivity contribution in [3.63, 3.8) is 0 Å². The molecule has 0 rings (SSSR count). The van der Waals surface area contributed by atoms with Crippen molar-refractivity contribution >= 4 is 11.6 Å². The second kappa shape index (κ2) is 9.23. The molecule has 2 unspecified atom stereocenters. The SMILES string of the molecule is CC(=O)C(O)COCCCOCC(O)C(C)=O. The molecule has 100 valence electrons. The van der Waals surface area contributed by atoms with Crippen LogP contribution in [0.25, 0.3) is 0 Å². The van der Waals surface area contributed by atoms with Crippen LogP contribution >= 0.6 is 0 Å². The zero-order chi connectivity index (χ0) is 13.3. The minimum absolute atomic E-state index is 0.0224. The van der Waals surface area contributed by atoms with Crippen LogP contribution in [0.2, 0.25) is 0 Å². The van der Waals surface area contributed by atoms with Gasteiger partial charge in [0.1, 0.15) is 12.2 Å². The monoisotopic (exact) mass is 248 g/mol. The van der Waals surface area contributed by atoms with Gasteiger partial charge < -0.3 is 19.7 Å². The quantitative estimate of drug-likeness (QED) is 0.497. The molecule has 17 heavy (non-hydrogen) atoms. The van der Waals surface area contributed by atoms with Crippen molar-refractivity contribution in [2.24, 2.45) is 0 Å². The summed E-state index contributed by atoms with van der Waals surface area (Å²) in [5.41, 5.74) is 0. The van der Waals surface area contributed by atoms with Crippen molar-refractivity contribution < 1.29 is 29.3 Å². The molecule has 0 aliphatic heterocycles. The van der Waals surface area contributed by atoms with E-state index < -0.39 is 12.2 Å². The van der Waals surface area contributed by atoms with Crippen LogP contribution in [0.4, 0.5) is 0 Å². The Hall–Kier alpha value is -0.820. The summed E-state index contributed by atoms with van der Waals surface area (Å²) in [6.07, 6.45) is -1.58. The summed E-state index contributed by atoms with van der Waals surface area (Å²) in [5.74, 6) is -0.656. The van der Waals surface area contributed by atoms with E-state index in [0.717, 1.165) is 0 Å². The van der Waals surface area contributed by atoms with Gasteiger partial charge >= 0.3 is 0 Å². The van der Waals surface area contributed by atoms with Crippen LogP contribution in [0.3, 0.4) is 0 Å². The number of aliphatic hydroxyl groups excluding tert-OH is 2. The minimum atomic E-state index is -1.07. The van der Waals surface area contributed by atoms with Gasteiger partial charge in [-0.2, -0.15) is 0 Å². The number of carbonyl (C=O) groups is 2. The number of ketones is 2. The summed E-state index contributed by atoms with van der Waals surface area (Å²) in [4.78, 5) is 21.3. The van der Waals surface area contributed by atoms with Gasteiger partial charge in [0, 0.05) is 13.2 Å². The van der Waals surface area contributed by atoms with Crippen LogP contribution in [0.1, 0.15) is 20.3 Å². The predicted octanol–water partition coefficient (Wildman–Crippen LogP) is -0.690. The Morgan fingerprint density at radius 3 is 1.59 bits per heavy atom. The van der Waals surface area contributed by atoms with Gasteiger partial charge in [-0.15, -0.1) is 0 Å². The fourth-order valence-corrected chi connectivity index (χ4v) is 0.888. The third-order valence-electron chi connectivity index (χ3n) is 2.07. The Bertz CT molecular complexity index is 216. The fourth-order valence-electron chi connectivity index (χ4n) is 0.888. The van der Waals surface area contributed by atoms with Gasteiger partial charge in [-0.3, -0.25) is 9.59 Å². The molecular weight excluding hydrogens is 228 g/mol. The maximum Gasteiger partial charge on any atom is 0.160 e. The van der Waals surface area contributed by atoms with Crippen molar-refractivity contribution in [3.8, 4) is 0 Å². The van der Waals surface area contributed by atoms with E-state index in [9.17, 15) is 9.59 Å². The average molecular weight is 248 g/mol. The lowest BCUT2D eigenvalue weighted by Crippen LogP contribution is -2.25. The molecule has 6 nitrogen and oxygen atoms in total. The van der Waals surface area contributed by atoms with Crippen LogP contribution in [0.15, 0.2) is 0 Å². The highest BCUT2D eigenvalue weighted by Gasteiger charge is 2.10. The molecule has 0 saturated carbocycles. The summed E-state index contributed by atoms with van der Waals surface area (Å²) < 4.78 is 10.1. The Kier molecular flexibility index (Phi) is 8.79. The number of Topliss-reactive ketones (excluding diaryl/α,β-unsaturated/α-hetero) is 2. The molecule has 0 aromatic carbocycles. The summed E-state index contributed by atoms with van der Waals surface area (Å²) in [7, 11) is 0. The van der Waals surface area contributed by atoms with Crippen LogP contribution in [-0.4, -0.2) is 60.4 Å². The standard InChI is InChI=1S/C11H20O6/c1-8(12)10(14)6-16-4-3-5-17-7-11(15)9(2)13/h10-11,14-15H,3-7H2,1-2H3. The largest absolute Gasteiger partial charge is 0.383 e. The molecule has 0 spiro atoms. The molecule has 0 fully saturated rings. The van der Waals surface area contributed by atoms with Gasteiger partial charge in [-0.25, -0.2) is 0 Å². The second-order valence-electron chi connectivity index (χ2n) is 3.76. The second-order valence-corrected chi connectivity index (χ2v) is 3.76. The highest BCUT2D eigenvalue weighted by Crippen LogP contribution is 1.92. The molecule has 0 aliphatic carbocycles. The van der Waals surface area contributed by atoms with Gasteiger partial charge in [0.05, 0.1) is 13.2 Å². The lowest BCUT2D eigenvalue weighted by atomic mass is 10.3. The van der Waals surface area contributed by atoms with E-state index in [4.69, 9.17) is 19.7 Å². The first kappa shape index (κ1) is 16.2. The first-order valence-electron chi connectivity index (χ1n) is 5.47. The summed E-state index contributed by atoms with van der Waals surface area (Å²) in [6.45, 7) is 3.23. The van der Waals surface area contributed by atoms with Gasteiger partial charge in [0.25, 0.3) is 0 Å². The van der Waals surface area contributed by atoms with Crippen molar-refractivity contribution in [2.45, 2.75) is 32.5 Å². The Morgan fingerprint density at radius 2 is 1.29 bits per heavy atom. The minimum Gasteiger partial charge on any atom is -0.383 e. The molecule has 0 aliphatic rings. The van der Waals surface area contributed by atoms with E-state index in [1.54, 1.807) is 0 Å². The van der Waals surface area contributed by atoms with E-state index >= 15 is 0 Å². The molecule has 2 N–H and O–H groups in total. The van der Waals surface area contributed by atoms with E-state index in [0.29, 0.717) is 19.6 Å². The normalized spacial score (nSPS) is 14.4. The Balaban J connectivity index is 3.30. The predicted molar refractivity (Wildman–Crippen MR) is 59.6 cm³/mol. The molecule has 0 heterocycles. The molecule has 0 saturated heterocycles. The van der Waals surface area contributed by atoms with Crippen LogP contribution < -0.4 is 0 Å². The third-order valence-corrected chi connectivity index (χ3v) is 2.07. The maximum atomic E-state index is 10.6. The molecule has 0 aromatic heterocycles. The average Bonchev–Trinajstić information content (AvgIpc) is 2.26. The number of carbonyl (C=O) groups excluding carboxylic acids is 2. The molecule has 0 bridgehead atoms. The lowest BCUT2D eigenvalue weighted by Gasteiger charge is -2.09. The fraction of sp³-hybridized carbons (Fsp3) is 0.818. The van der Waals surface area contributed by atoms with Crippen molar-refractivity contribution in [3.05, 3.63) is 0 Å². The molecule has 2 atom stereocenters. The van der Waals surface area contributed by atoms with E-state index in [1.165, 1.54) is 13.8 Å². The first-order valence-corrected chi connectivity index (χ1v) is 5.47. The lowest BCUT2D eigenvalue weighted by molar-refractivity contribution is -0.128. The van der Waals surface area contributed by atoms with E-state index in [-0.39, 0.29) is 24.8 Å². The highest BCUT2D eigenvalue weighted by atomic mass is 16.5. The maximum absolute atomic E-state index is 10.6. The van der Waals surface area contributed by atoms with Crippen LogP contribution in [0, 0.1) is 0 Å². The molecular formula is C11H20O6. The van der Waals surface area contributed by atoms with E-state index in [2.05, 4.69) is 0 Å². The summed E-state index contributed by atoms with van der Waals surface area (Å²) >= 11 is 0. The summed E-state index contributed by atoms with van der Waals surface area (Å²) in [6, 6.07) is 0. The number of ether oxygens (including phenoxy) is 2. The van der Waals surface area contributed by atoms with Gasteiger partial charge in [0.15, 0.2) is 11.6 Å². The van der Waals surface area contributed by atoms with Crippen LogP contribution in [-0.2, 0) is 19.1 Å². The number of rotatable bonds is 10. The van der Waals surface area contributed by atoms with E-state index in [1.807, 2.05) is 0 Å². The molecule has 6 heteroatoms. The zero-order valence-corrected chi connectivity index (χ0v) is 10.2. The molecule has 0 radical (unpaired) electrons. The smallest absolute Gasteiger partial charge is 0.160 e. The van der Waals surface area contributed by atoms with Crippen molar-refractivity contribution in [2.75, 3.05) is 26.4 Å². The Morgan fingerprint density at radius 1 is 0.941 bits per heavy atom. The molecule has 0 aromatic rings. The van der Waals surface area contributed by atoms with Gasteiger partial charge in [0.2, 0.25) is 0 Å². The van der Waals surface area contributed by atoms with Crippen molar-refractivity contribution in [1.82, 2.24) is 0 Å². The Labute approximate surface area is 101 Å². The molecule has 0 amide bonds. The van der Waals surface area contributed by atoms with Crippen LogP contribution in [0.5, 0.6) is 0 Å². The number of hydrogen-bond donors (Lipinski definition) is 2. The number of aliphatic hydroxyl groups is 2. The topological polar surface area (TPSA) is 93.1 Å². The number of hydrogen-bond acceptors (Lipinski definition) is 6. The van der Waals surface area contributed by atoms with Gasteiger partial charge in [-0.05, 0) is 20.3 Å². The summed E-state index contributed by atoms with van der Waals surface area (Å²) in [5, 5.41) is 18.2. The first-order chi connectivity index (χ1) is 7.95. The van der Waals surface area contributed by atoms with Crippen molar-refractivity contribution in [1.29, 1.82) is 0 Å². The highest BCUT2D eigenvalue weighted by molar-refractivity contribution is 5.80.